The Morgan fingerprint density at radius 2 is 1.63 bits per heavy atom. The summed E-state index contributed by atoms with van der Waals surface area (Å²) in [6.07, 6.45) is 0.753. The van der Waals surface area contributed by atoms with Gasteiger partial charge in [-0.15, -0.1) is 0 Å². The Labute approximate surface area is 114 Å². The van der Waals surface area contributed by atoms with E-state index >= 15 is 0 Å². The predicted molar refractivity (Wildman–Crippen MR) is 72.0 cm³/mol. The third-order valence-electron chi connectivity index (χ3n) is 2.17. The highest BCUT2D eigenvalue weighted by atomic mass is 16.5. The van der Waals surface area contributed by atoms with Gasteiger partial charge in [-0.3, -0.25) is 4.79 Å². The lowest BCUT2D eigenvalue weighted by molar-refractivity contribution is -0.125. The van der Waals surface area contributed by atoms with Crippen LogP contribution in [0.3, 0.4) is 0 Å². The summed E-state index contributed by atoms with van der Waals surface area (Å²) in [6.45, 7) is 6.38. The van der Waals surface area contributed by atoms with E-state index in [2.05, 4.69) is 6.58 Å². The van der Waals surface area contributed by atoms with Crippen molar-refractivity contribution < 1.29 is 24.1 Å². The number of ether oxygens (including phenoxy) is 3. The fourth-order valence-electron chi connectivity index (χ4n) is 1.22. The van der Waals surface area contributed by atoms with E-state index in [1.165, 1.54) is 4.90 Å². The van der Waals surface area contributed by atoms with Crippen molar-refractivity contribution in [1.82, 2.24) is 4.90 Å². The summed E-state index contributed by atoms with van der Waals surface area (Å²) in [5.41, 5.74) is 0.448. The molecule has 0 unspecified atom stereocenters. The van der Waals surface area contributed by atoms with Crippen LogP contribution in [0.4, 0.5) is 0 Å². The topological polar surface area (TPSA) is 68.2 Å². The molecule has 0 rings (SSSR count). The van der Waals surface area contributed by atoms with Crippen LogP contribution in [-0.4, -0.2) is 76.3 Å². The van der Waals surface area contributed by atoms with Gasteiger partial charge in [0.1, 0.15) is 0 Å². The zero-order chi connectivity index (χ0) is 14.5. The second-order valence-corrected chi connectivity index (χ2v) is 4.16. The molecule has 0 spiro atoms. The number of carbonyl (C=O) groups excluding carboxylic acids is 1. The van der Waals surface area contributed by atoms with Crippen molar-refractivity contribution in [3.63, 3.8) is 0 Å². The minimum Gasteiger partial charge on any atom is -0.394 e. The molecule has 0 heterocycles. The maximum absolute atomic E-state index is 11.4. The van der Waals surface area contributed by atoms with Crippen LogP contribution in [0.25, 0.3) is 0 Å². The Hall–Kier alpha value is -0.950. The van der Waals surface area contributed by atoms with E-state index in [9.17, 15) is 4.79 Å². The van der Waals surface area contributed by atoms with Gasteiger partial charge in [-0.25, -0.2) is 0 Å². The monoisotopic (exact) mass is 275 g/mol. The first-order valence-corrected chi connectivity index (χ1v) is 6.33. The number of likely N-dealkylation sites (N-methyl/N-ethyl adjacent to an activating group) is 1. The van der Waals surface area contributed by atoms with Gasteiger partial charge < -0.3 is 24.2 Å². The number of hydrogen-bond acceptors (Lipinski definition) is 5. The third-order valence-corrected chi connectivity index (χ3v) is 2.17. The molecule has 19 heavy (non-hydrogen) atoms. The van der Waals surface area contributed by atoms with Crippen molar-refractivity contribution in [2.24, 2.45) is 0 Å². The van der Waals surface area contributed by atoms with Gasteiger partial charge in [0.2, 0.25) is 0 Å². The molecule has 6 nitrogen and oxygen atoms in total. The molecule has 6 heteroatoms. The van der Waals surface area contributed by atoms with Crippen molar-refractivity contribution >= 4 is 5.91 Å². The Kier molecular flexibility index (Phi) is 11.5. The van der Waals surface area contributed by atoms with Crippen molar-refractivity contribution in [1.29, 1.82) is 0 Å². The number of amides is 1. The summed E-state index contributed by atoms with van der Waals surface area (Å²) in [5, 5.41) is 8.47. The Morgan fingerprint density at radius 1 is 1.05 bits per heavy atom. The normalized spacial score (nSPS) is 10.5. The smallest absolute Gasteiger partial charge is 0.251 e. The lowest BCUT2D eigenvalue weighted by atomic mass is 10.3. The van der Waals surface area contributed by atoms with E-state index in [0.29, 0.717) is 38.6 Å². The average molecular weight is 275 g/mol. The Bertz CT molecular complexity index is 255. The fourth-order valence-corrected chi connectivity index (χ4v) is 1.22. The molecule has 0 atom stereocenters. The largest absolute Gasteiger partial charge is 0.394 e. The molecule has 0 aromatic rings. The fraction of sp³-hybridized carbons (Fsp3) is 0.769. The van der Waals surface area contributed by atoms with Crippen molar-refractivity contribution in [3.05, 3.63) is 12.2 Å². The number of carbonyl (C=O) groups is 1. The first-order valence-electron chi connectivity index (χ1n) is 6.33. The van der Waals surface area contributed by atoms with E-state index in [1.807, 2.05) is 0 Å². The van der Waals surface area contributed by atoms with E-state index in [-0.39, 0.29) is 19.1 Å². The maximum Gasteiger partial charge on any atom is 0.251 e. The molecule has 0 aromatic carbocycles. The number of aliphatic hydroxyl groups excluding tert-OH is 1. The molecule has 0 fully saturated rings. The van der Waals surface area contributed by atoms with Gasteiger partial charge in [0, 0.05) is 32.9 Å². The molecule has 0 aliphatic heterocycles. The molecular weight excluding hydrogens is 250 g/mol. The van der Waals surface area contributed by atoms with E-state index in [0.717, 1.165) is 6.42 Å². The van der Waals surface area contributed by atoms with Gasteiger partial charge in [0.05, 0.1) is 33.0 Å². The molecule has 1 N–H and O–H groups in total. The second-order valence-electron chi connectivity index (χ2n) is 4.16. The first kappa shape index (κ1) is 18.0. The van der Waals surface area contributed by atoms with Crippen LogP contribution in [0.15, 0.2) is 12.2 Å². The standard InChI is InChI=1S/C13H25NO5/c1-12(13(16)14(2)3)11-19-7-4-6-17-9-10-18-8-5-15/h15H,1,4-11H2,2-3H3. The highest BCUT2D eigenvalue weighted by Gasteiger charge is 2.08. The average Bonchev–Trinajstić information content (AvgIpc) is 2.39. The van der Waals surface area contributed by atoms with Gasteiger partial charge in [-0.05, 0) is 6.42 Å². The minimum atomic E-state index is -0.114. The molecule has 0 aromatic heterocycles. The number of aliphatic hydroxyl groups is 1. The molecule has 0 bridgehead atoms. The Balaban J connectivity index is 3.27. The van der Waals surface area contributed by atoms with Gasteiger partial charge in [-0.2, -0.15) is 0 Å². The minimum absolute atomic E-state index is 0.0311. The molecule has 112 valence electrons. The lowest BCUT2D eigenvalue weighted by Crippen LogP contribution is -2.25. The summed E-state index contributed by atoms with van der Waals surface area (Å²) in [4.78, 5) is 12.9. The summed E-state index contributed by atoms with van der Waals surface area (Å²) >= 11 is 0. The summed E-state index contributed by atoms with van der Waals surface area (Å²) in [5.74, 6) is -0.114. The van der Waals surface area contributed by atoms with Crippen molar-refractivity contribution in [3.8, 4) is 0 Å². The van der Waals surface area contributed by atoms with Crippen molar-refractivity contribution in [2.75, 3.05) is 60.3 Å². The SMILES string of the molecule is C=C(COCCCOCCOCCO)C(=O)N(C)C. The molecule has 1 amide bonds. The third kappa shape index (κ3) is 10.6. The first-order chi connectivity index (χ1) is 9.09. The second kappa shape index (κ2) is 12.1. The summed E-state index contributed by atoms with van der Waals surface area (Å²) < 4.78 is 15.6. The van der Waals surface area contributed by atoms with E-state index in [1.54, 1.807) is 14.1 Å². The summed E-state index contributed by atoms with van der Waals surface area (Å²) in [7, 11) is 3.36. The molecule has 0 saturated carbocycles. The van der Waals surface area contributed by atoms with Gasteiger partial charge >= 0.3 is 0 Å². The number of nitrogens with zero attached hydrogens (tertiary/aromatic N) is 1. The molecule has 0 radical (unpaired) electrons. The highest BCUT2D eigenvalue weighted by Crippen LogP contribution is 1.97. The van der Waals surface area contributed by atoms with Crippen molar-refractivity contribution in [2.45, 2.75) is 6.42 Å². The van der Waals surface area contributed by atoms with Gasteiger partial charge in [0.15, 0.2) is 0 Å². The van der Waals surface area contributed by atoms with E-state index < -0.39 is 0 Å². The van der Waals surface area contributed by atoms with Gasteiger partial charge in [-0.1, -0.05) is 6.58 Å². The van der Waals surface area contributed by atoms with Gasteiger partial charge in [0.25, 0.3) is 5.91 Å². The zero-order valence-electron chi connectivity index (χ0n) is 11.9. The Morgan fingerprint density at radius 3 is 2.21 bits per heavy atom. The zero-order valence-corrected chi connectivity index (χ0v) is 11.9. The van der Waals surface area contributed by atoms with E-state index in [4.69, 9.17) is 19.3 Å². The van der Waals surface area contributed by atoms with Crippen LogP contribution in [0.1, 0.15) is 6.42 Å². The molecular formula is C13H25NO5. The molecule has 0 saturated heterocycles. The quantitative estimate of drug-likeness (QED) is 0.403. The highest BCUT2D eigenvalue weighted by molar-refractivity contribution is 5.92. The number of hydrogen-bond donors (Lipinski definition) is 1. The lowest BCUT2D eigenvalue weighted by Gasteiger charge is -2.12. The summed E-state index contributed by atoms with van der Waals surface area (Å²) in [6, 6.07) is 0. The predicted octanol–water partition coefficient (Wildman–Crippen LogP) is 0.0630. The van der Waals surface area contributed by atoms with Crippen LogP contribution in [0, 0.1) is 0 Å². The van der Waals surface area contributed by atoms with Crippen LogP contribution in [0.2, 0.25) is 0 Å². The van der Waals surface area contributed by atoms with Crippen LogP contribution in [0.5, 0.6) is 0 Å². The molecule has 0 aliphatic carbocycles. The van der Waals surface area contributed by atoms with Crippen LogP contribution in [-0.2, 0) is 19.0 Å². The van der Waals surface area contributed by atoms with Crippen LogP contribution < -0.4 is 0 Å². The maximum atomic E-state index is 11.4. The van der Waals surface area contributed by atoms with Crippen LogP contribution >= 0.6 is 0 Å². The number of rotatable bonds is 12. The molecule has 0 aliphatic rings.